The average Bonchev–Trinajstić information content (AvgIpc) is 2.78. The SMILES string of the molecule is CC(S)CSCCCSc1ccc(C(C)(C)c2ccc(SCCCSCC(C)S)cc2)cc1. The van der Waals surface area contributed by atoms with Crippen LogP contribution < -0.4 is 0 Å². The van der Waals surface area contributed by atoms with Gasteiger partial charge in [0.1, 0.15) is 0 Å². The number of benzene rings is 2. The molecule has 0 fully saturated rings. The monoisotopic (exact) mass is 556 g/mol. The summed E-state index contributed by atoms with van der Waals surface area (Å²) >= 11 is 16.9. The first-order valence-electron chi connectivity index (χ1n) is 11.8. The molecule has 0 heterocycles. The molecule has 184 valence electrons. The van der Waals surface area contributed by atoms with Gasteiger partial charge in [-0.25, -0.2) is 0 Å². The lowest BCUT2D eigenvalue weighted by Gasteiger charge is -2.26. The van der Waals surface area contributed by atoms with Crippen LogP contribution in [0.2, 0.25) is 0 Å². The summed E-state index contributed by atoms with van der Waals surface area (Å²) in [6.45, 7) is 8.98. The van der Waals surface area contributed by atoms with Gasteiger partial charge in [-0.3, -0.25) is 0 Å². The summed E-state index contributed by atoms with van der Waals surface area (Å²) in [5.41, 5.74) is 2.76. The van der Waals surface area contributed by atoms with Gasteiger partial charge in [0.2, 0.25) is 0 Å². The van der Waals surface area contributed by atoms with Crippen LogP contribution in [-0.4, -0.2) is 45.0 Å². The fraction of sp³-hybridized carbons (Fsp3) is 0.556. The Kier molecular flexibility index (Phi) is 14.7. The molecule has 0 radical (unpaired) electrons. The standard InChI is InChI=1S/C27H40S6/c1-21(28)19-30-15-5-17-32-25-11-7-23(8-12-25)27(3,4)24-9-13-26(14-10-24)33-18-6-16-31-20-22(2)29/h7-14,21-22,28-29H,5-6,15-20H2,1-4H3. The summed E-state index contributed by atoms with van der Waals surface area (Å²) in [5.74, 6) is 7.11. The molecular formula is C27H40S6. The number of thioether (sulfide) groups is 4. The smallest absolute Gasteiger partial charge is 0.0146 e. The van der Waals surface area contributed by atoms with Crippen LogP contribution in [0.15, 0.2) is 58.3 Å². The van der Waals surface area contributed by atoms with E-state index in [2.05, 4.69) is 101 Å². The van der Waals surface area contributed by atoms with E-state index in [-0.39, 0.29) is 5.41 Å². The van der Waals surface area contributed by atoms with Crippen molar-refractivity contribution < 1.29 is 0 Å². The van der Waals surface area contributed by atoms with E-state index in [0.717, 1.165) is 11.5 Å². The van der Waals surface area contributed by atoms with Crippen LogP contribution in [0, 0.1) is 0 Å². The van der Waals surface area contributed by atoms with Gasteiger partial charge < -0.3 is 0 Å². The lowest BCUT2D eigenvalue weighted by Crippen LogP contribution is -2.18. The van der Waals surface area contributed by atoms with Crippen molar-refractivity contribution >= 4 is 72.3 Å². The lowest BCUT2D eigenvalue weighted by molar-refractivity contribution is 0.639. The van der Waals surface area contributed by atoms with Crippen LogP contribution in [0.5, 0.6) is 0 Å². The second-order valence-electron chi connectivity index (χ2n) is 8.93. The second-order valence-corrected chi connectivity index (χ2v) is 15.3. The minimum atomic E-state index is 0.00673. The summed E-state index contributed by atoms with van der Waals surface area (Å²) in [4.78, 5) is 2.74. The minimum Gasteiger partial charge on any atom is -0.175 e. The van der Waals surface area contributed by atoms with E-state index >= 15 is 0 Å². The highest BCUT2D eigenvalue weighted by Crippen LogP contribution is 2.34. The highest BCUT2D eigenvalue weighted by Gasteiger charge is 2.23. The molecule has 0 aromatic heterocycles. The zero-order chi connectivity index (χ0) is 24.1. The van der Waals surface area contributed by atoms with Crippen molar-refractivity contribution in [1.82, 2.24) is 0 Å². The Bertz CT molecular complexity index is 703. The third-order valence-electron chi connectivity index (χ3n) is 5.27. The van der Waals surface area contributed by atoms with E-state index in [9.17, 15) is 0 Å². The van der Waals surface area contributed by atoms with Crippen LogP contribution in [-0.2, 0) is 5.41 Å². The Hall–Kier alpha value is 0.540. The molecule has 2 unspecified atom stereocenters. The molecule has 0 saturated heterocycles. The fourth-order valence-corrected chi connectivity index (χ4v) is 7.73. The van der Waals surface area contributed by atoms with Gasteiger partial charge in [-0.1, -0.05) is 52.0 Å². The summed E-state index contributed by atoms with van der Waals surface area (Å²) in [7, 11) is 0. The Morgan fingerprint density at radius 3 is 1.33 bits per heavy atom. The molecule has 0 aliphatic carbocycles. The van der Waals surface area contributed by atoms with Gasteiger partial charge in [0.25, 0.3) is 0 Å². The third kappa shape index (κ3) is 11.9. The highest BCUT2D eigenvalue weighted by atomic mass is 32.2. The molecule has 2 aromatic carbocycles. The molecule has 33 heavy (non-hydrogen) atoms. The Morgan fingerprint density at radius 1 is 0.636 bits per heavy atom. The average molecular weight is 557 g/mol. The van der Waals surface area contributed by atoms with Crippen molar-refractivity contribution in [2.75, 3.05) is 34.5 Å². The van der Waals surface area contributed by atoms with Gasteiger partial charge in [0.15, 0.2) is 0 Å². The molecular weight excluding hydrogens is 517 g/mol. The molecule has 0 aliphatic heterocycles. The highest BCUT2D eigenvalue weighted by molar-refractivity contribution is 8.01. The molecule has 0 amide bonds. The van der Waals surface area contributed by atoms with Crippen LogP contribution in [0.25, 0.3) is 0 Å². The first kappa shape index (κ1) is 29.8. The first-order chi connectivity index (χ1) is 15.8. The first-order valence-corrected chi connectivity index (χ1v) is 17.1. The normalized spacial score (nSPS) is 13.8. The quantitative estimate of drug-likeness (QED) is 0.120. The zero-order valence-electron chi connectivity index (χ0n) is 20.5. The maximum atomic E-state index is 4.44. The van der Waals surface area contributed by atoms with Gasteiger partial charge in [0, 0.05) is 37.2 Å². The zero-order valence-corrected chi connectivity index (χ0v) is 25.5. The molecule has 0 spiro atoms. The van der Waals surface area contributed by atoms with E-state index in [1.165, 1.54) is 56.8 Å². The van der Waals surface area contributed by atoms with E-state index < -0.39 is 0 Å². The van der Waals surface area contributed by atoms with Crippen molar-refractivity contribution in [1.29, 1.82) is 0 Å². The van der Waals surface area contributed by atoms with Crippen molar-refractivity contribution in [3.8, 4) is 0 Å². The van der Waals surface area contributed by atoms with E-state index in [1.54, 1.807) is 0 Å². The van der Waals surface area contributed by atoms with Crippen molar-refractivity contribution in [3.05, 3.63) is 59.7 Å². The largest absolute Gasteiger partial charge is 0.175 e. The van der Waals surface area contributed by atoms with E-state index in [0.29, 0.717) is 10.5 Å². The summed E-state index contributed by atoms with van der Waals surface area (Å²) < 4.78 is 0. The molecule has 0 nitrogen and oxygen atoms in total. The summed E-state index contributed by atoms with van der Waals surface area (Å²) in [5, 5.41) is 0.990. The molecule has 2 atom stereocenters. The summed E-state index contributed by atoms with van der Waals surface area (Å²) in [6.07, 6.45) is 2.50. The second kappa shape index (κ2) is 16.3. The lowest BCUT2D eigenvalue weighted by atomic mass is 9.78. The molecule has 0 saturated carbocycles. The van der Waals surface area contributed by atoms with E-state index in [4.69, 9.17) is 0 Å². The van der Waals surface area contributed by atoms with Crippen molar-refractivity contribution in [2.24, 2.45) is 0 Å². The predicted molar refractivity (Wildman–Crippen MR) is 167 cm³/mol. The summed E-state index contributed by atoms with van der Waals surface area (Å²) in [6, 6.07) is 18.4. The topological polar surface area (TPSA) is 0 Å². The van der Waals surface area contributed by atoms with Crippen LogP contribution in [0.1, 0.15) is 51.7 Å². The maximum absolute atomic E-state index is 4.44. The van der Waals surface area contributed by atoms with Gasteiger partial charge in [-0.15, -0.1) is 23.5 Å². The van der Waals surface area contributed by atoms with Crippen LogP contribution in [0.4, 0.5) is 0 Å². The molecule has 6 heteroatoms. The number of thiol groups is 2. The Labute approximate surface area is 231 Å². The van der Waals surface area contributed by atoms with Gasteiger partial charge in [-0.2, -0.15) is 48.8 Å². The minimum absolute atomic E-state index is 0.00673. The molecule has 0 bridgehead atoms. The molecule has 0 N–H and O–H groups in total. The molecule has 2 rings (SSSR count). The fourth-order valence-electron chi connectivity index (χ4n) is 3.31. The van der Waals surface area contributed by atoms with Gasteiger partial charge in [-0.05, 0) is 71.2 Å². The number of hydrogen-bond acceptors (Lipinski definition) is 6. The number of hydrogen-bond donors (Lipinski definition) is 2. The van der Waals surface area contributed by atoms with Crippen LogP contribution >= 0.6 is 72.3 Å². The number of rotatable bonds is 16. The van der Waals surface area contributed by atoms with Gasteiger partial charge >= 0.3 is 0 Å². The van der Waals surface area contributed by atoms with Crippen molar-refractivity contribution in [3.63, 3.8) is 0 Å². The predicted octanol–water partition coefficient (Wildman–Crippen LogP) is 9.08. The Morgan fingerprint density at radius 2 is 1.00 bits per heavy atom. The maximum Gasteiger partial charge on any atom is 0.0146 e. The Balaban J connectivity index is 1.78. The van der Waals surface area contributed by atoms with Gasteiger partial charge in [0.05, 0.1) is 0 Å². The van der Waals surface area contributed by atoms with E-state index in [1.807, 2.05) is 47.0 Å². The molecule has 0 aliphatic rings. The van der Waals surface area contributed by atoms with Crippen LogP contribution in [0.3, 0.4) is 0 Å². The molecule has 2 aromatic rings. The van der Waals surface area contributed by atoms with Crippen molar-refractivity contribution in [2.45, 2.75) is 66.2 Å². The third-order valence-corrected chi connectivity index (χ3v) is 11.0.